The summed E-state index contributed by atoms with van der Waals surface area (Å²) >= 11 is 3.39. The normalized spacial score (nSPS) is 12.1. The number of aryl methyl sites for hydroxylation is 2. The number of halogens is 1. The molecule has 1 atom stereocenters. The van der Waals surface area contributed by atoms with E-state index >= 15 is 0 Å². The van der Waals surface area contributed by atoms with Crippen molar-refractivity contribution in [2.45, 2.75) is 31.7 Å². The molecule has 0 saturated heterocycles. The zero-order chi connectivity index (χ0) is 23.3. The molecule has 0 aliphatic heterocycles. The van der Waals surface area contributed by atoms with Crippen molar-refractivity contribution >= 4 is 37.5 Å². The van der Waals surface area contributed by atoms with Gasteiger partial charge in [-0.2, -0.15) is 0 Å². The molecule has 168 valence electrons. The Morgan fingerprint density at radius 1 is 0.969 bits per heavy atom. The smallest absolute Gasteiger partial charge is 0.261 e. The Morgan fingerprint density at radius 2 is 1.62 bits per heavy atom. The number of carbonyl (C=O) groups is 1. The van der Waals surface area contributed by atoms with Gasteiger partial charge in [-0.05, 0) is 86.0 Å². The molecule has 3 rings (SSSR count). The number of ether oxygens (including phenoxy) is 1. The summed E-state index contributed by atoms with van der Waals surface area (Å²) in [6.45, 7) is 5.61. The van der Waals surface area contributed by atoms with Gasteiger partial charge in [0.1, 0.15) is 5.75 Å². The third-order valence-electron chi connectivity index (χ3n) is 5.01. The van der Waals surface area contributed by atoms with Crippen molar-refractivity contribution in [3.05, 3.63) is 87.9 Å². The van der Waals surface area contributed by atoms with Gasteiger partial charge in [-0.15, -0.1) is 0 Å². The molecule has 0 spiro atoms. The molecular weight excluding hydrogens is 492 g/mol. The van der Waals surface area contributed by atoms with Crippen molar-refractivity contribution < 1.29 is 17.9 Å². The molecule has 0 fully saturated rings. The Balaban J connectivity index is 1.56. The van der Waals surface area contributed by atoms with Gasteiger partial charge in [-0.3, -0.25) is 9.52 Å². The molecule has 2 N–H and O–H groups in total. The maximum Gasteiger partial charge on any atom is 0.261 e. The molecule has 6 nitrogen and oxygen atoms in total. The molecule has 0 aliphatic rings. The van der Waals surface area contributed by atoms with Crippen LogP contribution in [0.1, 0.15) is 29.7 Å². The second-order valence-corrected chi connectivity index (χ2v) is 10.1. The highest BCUT2D eigenvalue weighted by molar-refractivity contribution is 9.10. The third-order valence-corrected chi connectivity index (χ3v) is 6.94. The minimum absolute atomic E-state index is 0.108. The average Bonchev–Trinajstić information content (AvgIpc) is 2.75. The van der Waals surface area contributed by atoms with Crippen LogP contribution in [0.25, 0.3) is 0 Å². The third kappa shape index (κ3) is 6.34. The van der Waals surface area contributed by atoms with E-state index in [0.717, 1.165) is 21.2 Å². The van der Waals surface area contributed by atoms with Gasteiger partial charge in [-0.25, -0.2) is 8.42 Å². The van der Waals surface area contributed by atoms with Crippen LogP contribution in [0.2, 0.25) is 0 Å². The summed E-state index contributed by atoms with van der Waals surface area (Å²) in [6.07, 6.45) is 0. The number of sulfonamides is 1. The Morgan fingerprint density at radius 3 is 2.25 bits per heavy atom. The zero-order valence-electron chi connectivity index (χ0n) is 18.1. The van der Waals surface area contributed by atoms with Gasteiger partial charge in [0, 0.05) is 10.2 Å². The van der Waals surface area contributed by atoms with Gasteiger partial charge in [0.15, 0.2) is 6.61 Å². The first-order valence-corrected chi connectivity index (χ1v) is 12.3. The van der Waals surface area contributed by atoms with Gasteiger partial charge < -0.3 is 10.1 Å². The molecule has 0 unspecified atom stereocenters. The van der Waals surface area contributed by atoms with Crippen LogP contribution in [-0.4, -0.2) is 20.9 Å². The summed E-state index contributed by atoms with van der Waals surface area (Å²) in [7, 11) is -3.73. The molecule has 32 heavy (non-hydrogen) atoms. The highest BCUT2D eigenvalue weighted by Gasteiger charge is 2.15. The van der Waals surface area contributed by atoms with E-state index in [-0.39, 0.29) is 23.5 Å². The Hall–Kier alpha value is -2.84. The monoisotopic (exact) mass is 516 g/mol. The van der Waals surface area contributed by atoms with Crippen LogP contribution < -0.4 is 14.8 Å². The number of rotatable bonds is 8. The molecule has 0 bridgehead atoms. The first kappa shape index (κ1) is 23.8. The average molecular weight is 517 g/mol. The maximum atomic E-state index is 12.6. The molecule has 0 radical (unpaired) electrons. The maximum absolute atomic E-state index is 12.6. The summed E-state index contributed by atoms with van der Waals surface area (Å²) in [5.74, 6) is 0.134. The first-order chi connectivity index (χ1) is 15.1. The second-order valence-electron chi connectivity index (χ2n) is 7.51. The highest BCUT2D eigenvalue weighted by Crippen LogP contribution is 2.21. The molecule has 3 aromatic rings. The number of anilines is 1. The van der Waals surface area contributed by atoms with Crippen molar-refractivity contribution in [2.24, 2.45) is 0 Å². The Kier molecular flexibility index (Phi) is 7.58. The van der Waals surface area contributed by atoms with E-state index in [9.17, 15) is 13.2 Å². The van der Waals surface area contributed by atoms with Crippen molar-refractivity contribution in [1.82, 2.24) is 5.32 Å². The molecule has 0 heterocycles. The topological polar surface area (TPSA) is 84.5 Å². The second kappa shape index (κ2) is 10.2. The van der Waals surface area contributed by atoms with Crippen LogP contribution in [0, 0.1) is 13.8 Å². The van der Waals surface area contributed by atoms with E-state index in [2.05, 4.69) is 26.0 Å². The predicted octanol–water partition coefficient (Wildman–Crippen LogP) is 5.12. The van der Waals surface area contributed by atoms with E-state index in [1.165, 1.54) is 24.3 Å². The van der Waals surface area contributed by atoms with Crippen LogP contribution in [-0.2, 0) is 14.8 Å². The van der Waals surface area contributed by atoms with Crippen molar-refractivity contribution in [3.63, 3.8) is 0 Å². The Bertz CT molecular complexity index is 1190. The fourth-order valence-electron chi connectivity index (χ4n) is 3.00. The summed E-state index contributed by atoms with van der Waals surface area (Å²) in [5.41, 5.74) is 3.57. The van der Waals surface area contributed by atoms with E-state index in [1.807, 2.05) is 51.1 Å². The number of hydrogen-bond acceptors (Lipinski definition) is 4. The van der Waals surface area contributed by atoms with Gasteiger partial charge in [0.25, 0.3) is 15.9 Å². The number of benzene rings is 3. The summed E-state index contributed by atoms with van der Waals surface area (Å²) in [5, 5.41) is 2.87. The lowest BCUT2D eigenvalue weighted by molar-refractivity contribution is -0.123. The van der Waals surface area contributed by atoms with Gasteiger partial charge >= 0.3 is 0 Å². The summed E-state index contributed by atoms with van der Waals surface area (Å²) in [6, 6.07) is 18.9. The standard InChI is InChI=1S/C24H25BrN2O4S/c1-16-4-9-21(14-17(16)2)27-32(29,30)23-12-10-22(11-13-23)31-15-24(28)26-18(3)19-5-7-20(25)8-6-19/h4-14,18,27H,15H2,1-3H3,(H,26,28)/t18-/m1/s1. The van der Waals surface area contributed by atoms with Crippen LogP contribution in [0.3, 0.4) is 0 Å². The summed E-state index contributed by atoms with van der Waals surface area (Å²) in [4.78, 5) is 12.3. The molecular formula is C24H25BrN2O4S. The van der Waals surface area contributed by atoms with E-state index in [1.54, 1.807) is 12.1 Å². The summed E-state index contributed by atoms with van der Waals surface area (Å²) < 4.78 is 34.3. The Labute approximate surface area is 197 Å². The van der Waals surface area contributed by atoms with E-state index in [4.69, 9.17) is 4.74 Å². The lowest BCUT2D eigenvalue weighted by Gasteiger charge is -2.15. The molecule has 0 saturated carbocycles. The SMILES string of the molecule is Cc1ccc(NS(=O)(=O)c2ccc(OCC(=O)N[C@H](C)c3ccc(Br)cc3)cc2)cc1C. The fraction of sp³-hybridized carbons (Fsp3) is 0.208. The predicted molar refractivity (Wildman–Crippen MR) is 129 cm³/mol. The van der Waals surface area contributed by atoms with Crippen molar-refractivity contribution in [3.8, 4) is 5.75 Å². The van der Waals surface area contributed by atoms with Gasteiger partial charge in [-0.1, -0.05) is 34.1 Å². The van der Waals surface area contributed by atoms with Crippen LogP contribution in [0.4, 0.5) is 5.69 Å². The molecule has 8 heteroatoms. The quantitative estimate of drug-likeness (QED) is 0.434. The minimum Gasteiger partial charge on any atom is -0.484 e. The number of hydrogen-bond donors (Lipinski definition) is 2. The largest absolute Gasteiger partial charge is 0.484 e. The van der Waals surface area contributed by atoms with E-state index < -0.39 is 10.0 Å². The number of nitrogens with one attached hydrogen (secondary N) is 2. The van der Waals surface area contributed by atoms with Gasteiger partial charge in [0.05, 0.1) is 10.9 Å². The lowest BCUT2D eigenvalue weighted by atomic mass is 10.1. The number of carbonyl (C=O) groups excluding carboxylic acids is 1. The van der Waals surface area contributed by atoms with Crippen molar-refractivity contribution in [2.75, 3.05) is 11.3 Å². The lowest BCUT2D eigenvalue weighted by Crippen LogP contribution is -2.31. The van der Waals surface area contributed by atoms with Crippen LogP contribution in [0.15, 0.2) is 76.1 Å². The highest BCUT2D eigenvalue weighted by atomic mass is 79.9. The molecule has 0 aromatic heterocycles. The number of amides is 1. The molecule has 0 aliphatic carbocycles. The molecule has 3 aromatic carbocycles. The van der Waals surface area contributed by atoms with Crippen LogP contribution >= 0.6 is 15.9 Å². The zero-order valence-corrected chi connectivity index (χ0v) is 20.5. The van der Waals surface area contributed by atoms with Crippen molar-refractivity contribution in [1.29, 1.82) is 0 Å². The van der Waals surface area contributed by atoms with E-state index in [0.29, 0.717) is 11.4 Å². The minimum atomic E-state index is -3.73. The van der Waals surface area contributed by atoms with Crippen LogP contribution in [0.5, 0.6) is 5.75 Å². The molecule has 1 amide bonds. The first-order valence-electron chi connectivity index (χ1n) is 10.0. The van der Waals surface area contributed by atoms with Gasteiger partial charge in [0.2, 0.25) is 0 Å². The fourth-order valence-corrected chi connectivity index (χ4v) is 4.31.